The van der Waals surface area contributed by atoms with Gasteiger partial charge in [0.2, 0.25) is 5.95 Å². The number of anilines is 1. The maximum Gasteiger partial charge on any atom is 0.262 e. The fourth-order valence-corrected chi connectivity index (χ4v) is 4.46. The van der Waals surface area contributed by atoms with Gasteiger partial charge in [0.25, 0.3) is 11.5 Å². The number of carbonyl (C=O) groups excluding carboxylic acids is 1. The third-order valence-electron chi connectivity index (χ3n) is 6.26. The summed E-state index contributed by atoms with van der Waals surface area (Å²) in [6, 6.07) is 7.93. The van der Waals surface area contributed by atoms with Crippen LogP contribution in [0.4, 0.5) is 5.95 Å². The van der Waals surface area contributed by atoms with Gasteiger partial charge >= 0.3 is 0 Å². The van der Waals surface area contributed by atoms with E-state index in [1.165, 1.54) is 32.1 Å². The molecule has 158 valence electrons. The highest BCUT2D eigenvalue weighted by Crippen LogP contribution is 2.26. The molecule has 3 aromatic rings. The van der Waals surface area contributed by atoms with Crippen molar-refractivity contribution in [1.29, 1.82) is 0 Å². The molecule has 4 rings (SSSR count). The van der Waals surface area contributed by atoms with Crippen molar-refractivity contribution in [2.24, 2.45) is 5.92 Å². The zero-order chi connectivity index (χ0) is 21.1. The van der Waals surface area contributed by atoms with Crippen LogP contribution in [0, 0.1) is 5.92 Å². The van der Waals surface area contributed by atoms with Crippen molar-refractivity contribution in [3.8, 4) is 0 Å². The second-order valence-electron chi connectivity index (χ2n) is 8.35. The average molecular weight is 408 g/mol. The van der Waals surface area contributed by atoms with Crippen molar-refractivity contribution in [3.63, 3.8) is 0 Å². The van der Waals surface area contributed by atoms with Gasteiger partial charge in [0.05, 0.1) is 5.39 Å². The Bertz CT molecular complexity index is 1080. The van der Waals surface area contributed by atoms with Crippen LogP contribution in [0.3, 0.4) is 0 Å². The molecule has 2 heterocycles. The number of H-pyrrole nitrogens is 2. The van der Waals surface area contributed by atoms with E-state index in [1.807, 2.05) is 24.3 Å². The number of amides is 1. The molecule has 0 unspecified atom stereocenters. The molecule has 1 aliphatic carbocycles. The molecule has 1 saturated carbocycles. The Kier molecular flexibility index (Phi) is 5.88. The molecule has 1 aromatic carbocycles. The first kappa shape index (κ1) is 20.2. The van der Waals surface area contributed by atoms with Crippen LogP contribution < -0.4 is 16.6 Å². The van der Waals surface area contributed by atoms with E-state index in [-0.39, 0.29) is 23.5 Å². The summed E-state index contributed by atoms with van der Waals surface area (Å²) in [4.78, 5) is 34.4. The van der Waals surface area contributed by atoms with Gasteiger partial charge in [0.15, 0.2) is 0 Å². The Hall–Kier alpha value is -3.09. The molecule has 30 heavy (non-hydrogen) atoms. The molecule has 1 amide bonds. The topological polar surface area (TPSA) is 117 Å². The van der Waals surface area contributed by atoms with Gasteiger partial charge in [-0.05, 0) is 61.8 Å². The summed E-state index contributed by atoms with van der Waals surface area (Å²) in [7, 11) is 0. The quantitative estimate of drug-likeness (QED) is 0.501. The van der Waals surface area contributed by atoms with Crippen molar-refractivity contribution < 1.29 is 4.79 Å². The molecule has 1 fully saturated rings. The van der Waals surface area contributed by atoms with Crippen LogP contribution >= 0.6 is 0 Å². The van der Waals surface area contributed by atoms with Crippen molar-refractivity contribution in [2.75, 3.05) is 5.73 Å². The van der Waals surface area contributed by atoms with Crippen molar-refractivity contribution >= 4 is 22.9 Å². The third kappa shape index (κ3) is 4.40. The fraction of sp³-hybridized carbons (Fsp3) is 0.435. The van der Waals surface area contributed by atoms with Crippen LogP contribution in [0.15, 0.2) is 35.3 Å². The summed E-state index contributed by atoms with van der Waals surface area (Å²) in [6.07, 6.45) is 9.53. The molecule has 0 spiro atoms. The second-order valence-corrected chi connectivity index (χ2v) is 8.35. The number of aromatic nitrogens is 3. The van der Waals surface area contributed by atoms with Gasteiger partial charge in [-0.2, -0.15) is 4.98 Å². The summed E-state index contributed by atoms with van der Waals surface area (Å²) in [6.45, 7) is 2.12. The molecule has 0 radical (unpaired) electrons. The molecule has 0 bridgehead atoms. The minimum absolute atomic E-state index is 0.00792. The summed E-state index contributed by atoms with van der Waals surface area (Å²) in [5, 5.41) is 3.72. The van der Waals surface area contributed by atoms with Gasteiger partial charge in [0, 0.05) is 17.8 Å². The first-order valence-corrected chi connectivity index (χ1v) is 10.8. The molecular formula is C23H29N5O2. The minimum atomic E-state index is -0.229. The van der Waals surface area contributed by atoms with Gasteiger partial charge in [-0.25, -0.2) is 0 Å². The van der Waals surface area contributed by atoms with Crippen LogP contribution in [0.5, 0.6) is 0 Å². The normalized spacial score (nSPS) is 15.9. The predicted molar refractivity (Wildman–Crippen MR) is 118 cm³/mol. The van der Waals surface area contributed by atoms with Crippen LogP contribution in [-0.2, 0) is 12.8 Å². The van der Waals surface area contributed by atoms with Crippen molar-refractivity contribution in [3.05, 3.63) is 57.5 Å². The van der Waals surface area contributed by atoms with Gasteiger partial charge in [-0.3, -0.25) is 14.6 Å². The van der Waals surface area contributed by atoms with Crippen LogP contribution in [-0.4, -0.2) is 26.9 Å². The molecule has 7 nitrogen and oxygen atoms in total. The number of benzene rings is 1. The van der Waals surface area contributed by atoms with Crippen molar-refractivity contribution in [1.82, 2.24) is 20.3 Å². The number of nitrogens with zero attached hydrogens (tertiary/aromatic N) is 1. The Morgan fingerprint density at radius 3 is 2.67 bits per heavy atom. The average Bonchev–Trinajstić information content (AvgIpc) is 3.16. The Labute approximate surface area is 175 Å². The Morgan fingerprint density at radius 1 is 1.20 bits per heavy atom. The molecule has 2 aromatic heterocycles. The maximum atomic E-state index is 12.6. The van der Waals surface area contributed by atoms with E-state index in [0.29, 0.717) is 28.9 Å². The lowest BCUT2D eigenvalue weighted by Gasteiger charge is -2.28. The van der Waals surface area contributed by atoms with E-state index >= 15 is 0 Å². The number of fused-ring (bicyclic) bond motifs is 1. The number of hydrogen-bond donors (Lipinski definition) is 4. The standard InChI is InChI=1S/C23H29N5O2/c1-14(16-5-3-2-4-6-16)26-21(29)17-10-7-15(8-11-17)9-12-18-13-25-20-19(18)22(30)28-23(24)27-20/h7-8,10-11,13-14,16H,2-6,9,12H2,1H3,(H,26,29)(H4,24,25,27,28,30)/t14-/m0/s1. The first-order valence-electron chi connectivity index (χ1n) is 10.8. The maximum absolute atomic E-state index is 12.6. The van der Waals surface area contributed by atoms with Crippen molar-refractivity contribution in [2.45, 2.75) is 57.9 Å². The van der Waals surface area contributed by atoms with Gasteiger partial charge < -0.3 is 16.0 Å². The third-order valence-corrected chi connectivity index (χ3v) is 6.26. The van der Waals surface area contributed by atoms with E-state index in [4.69, 9.17) is 5.73 Å². The van der Waals surface area contributed by atoms with Gasteiger partial charge in [-0.15, -0.1) is 0 Å². The Balaban J connectivity index is 1.37. The monoisotopic (exact) mass is 407 g/mol. The van der Waals surface area contributed by atoms with Crippen LogP contribution in [0.2, 0.25) is 0 Å². The number of rotatable bonds is 6. The lowest BCUT2D eigenvalue weighted by atomic mass is 9.84. The van der Waals surface area contributed by atoms with Gasteiger partial charge in [-0.1, -0.05) is 31.4 Å². The van der Waals surface area contributed by atoms with E-state index in [2.05, 4.69) is 27.2 Å². The first-order chi connectivity index (χ1) is 14.5. The number of nitrogen functional groups attached to an aromatic ring is 1. The minimum Gasteiger partial charge on any atom is -0.369 e. The molecule has 0 saturated heterocycles. The lowest BCUT2D eigenvalue weighted by Crippen LogP contribution is -2.38. The number of hydrogen-bond acceptors (Lipinski definition) is 4. The smallest absolute Gasteiger partial charge is 0.262 e. The highest BCUT2D eigenvalue weighted by Gasteiger charge is 2.21. The largest absolute Gasteiger partial charge is 0.369 e. The summed E-state index contributed by atoms with van der Waals surface area (Å²) in [5.74, 6) is 0.685. The number of aryl methyl sites for hydroxylation is 2. The van der Waals surface area contributed by atoms with E-state index in [9.17, 15) is 9.59 Å². The lowest BCUT2D eigenvalue weighted by molar-refractivity contribution is 0.0919. The van der Waals surface area contributed by atoms with E-state index < -0.39 is 0 Å². The zero-order valence-corrected chi connectivity index (χ0v) is 17.3. The number of nitrogens with one attached hydrogen (secondary N) is 3. The summed E-state index contributed by atoms with van der Waals surface area (Å²) in [5.41, 5.74) is 8.57. The SMILES string of the molecule is C[C@H](NC(=O)c1ccc(CCc2c[nH]c3nc(N)[nH]c(=O)c23)cc1)C1CCCCC1. The Morgan fingerprint density at radius 2 is 1.93 bits per heavy atom. The molecule has 5 N–H and O–H groups in total. The fourth-order valence-electron chi connectivity index (χ4n) is 4.46. The highest BCUT2D eigenvalue weighted by atomic mass is 16.1. The molecule has 1 atom stereocenters. The summed E-state index contributed by atoms with van der Waals surface area (Å²) < 4.78 is 0. The molecule has 1 aliphatic rings. The van der Waals surface area contributed by atoms with E-state index in [0.717, 1.165) is 17.5 Å². The number of carbonyl (C=O) groups is 1. The summed E-state index contributed by atoms with van der Waals surface area (Å²) >= 11 is 0. The second kappa shape index (κ2) is 8.73. The molecular weight excluding hydrogens is 378 g/mol. The molecule has 7 heteroatoms. The number of nitrogens with two attached hydrogens (primary N) is 1. The van der Waals surface area contributed by atoms with Crippen LogP contribution in [0.25, 0.3) is 11.0 Å². The highest BCUT2D eigenvalue weighted by molar-refractivity contribution is 5.94. The van der Waals surface area contributed by atoms with Gasteiger partial charge in [0.1, 0.15) is 5.65 Å². The number of aromatic amines is 2. The molecule has 0 aliphatic heterocycles. The van der Waals surface area contributed by atoms with E-state index in [1.54, 1.807) is 6.20 Å². The predicted octanol–water partition coefficient (Wildman–Crippen LogP) is 3.32. The van der Waals surface area contributed by atoms with Crippen LogP contribution in [0.1, 0.15) is 60.5 Å². The zero-order valence-electron chi connectivity index (χ0n) is 17.3.